The molecule has 0 bridgehead atoms. The summed E-state index contributed by atoms with van der Waals surface area (Å²) in [6.45, 7) is 0. The standard InChI is InChI=1S/C43H25N3O2/c1-3-11-27(12-4-1)41-44-42(28-13-5-2-6-14-28)46-43(45-41)33-23-22-30(40-39(33)32-16-8-10-18-36(32)48-40)29-20-19-26-21-24-37-38(34(26)25-29)31-15-7-9-17-35(31)47-37/h1-25H. The molecule has 3 aromatic heterocycles. The van der Waals surface area contributed by atoms with Crippen LogP contribution in [0.2, 0.25) is 0 Å². The largest absolute Gasteiger partial charge is 0.456 e. The monoisotopic (exact) mass is 615 g/mol. The zero-order chi connectivity index (χ0) is 31.6. The first-order valence-corrected chi connectivity index (χ1v) is 15.9. The summed E-state index contributed by atoms with van der Waals surface area (Å²) in [4.78, 5) is 15.0. The van der Waals surface area contributed by atoms with Gasteiger partial charge in [-0.25, -0.2) is 15.0 Å². The van der Waals surface area contributed by atoms with Crippen molar-refractivity contribution in [1.82, 2.24) is 15.0 Å². The van der Waals surface area contributed by atoms with Crippen molar-refractivity contribution < 1.29 is 8.83 Å². The van der Waals surface area contributed by atoms with Crippen molar-refractivity contribution in [3.63, 3.8) is 0 Å². The lowest BCUT2D eigenvalue weighted by atomic mass is 9.95. The van der Waals surface area contributed by atoms with E-state index in [4.69, 9.17) is 23.8 Å². The number of rotatable bonds is 4. The van der Waals surface area contributed by atoms with Gasteiger partial charge in [0.15, 0.2) is 17.5 Å². The molecule has 0 fully saturated rings. The number of furan rings is 2. The molecule has 7 aromatic carbocycles. The van der Waals surface area contributed by atoms with E-state index in [2.05, 4.69) is 60.7 Å². The Hall–Kier alpha value is -6.59. The van der Waals surface area contributed by atoms with Crippen molar-refractivity contribution in [2.45, 2.75) is 0 Å². The third-order valence-corrected chi connectivity index (χ3v) is 9.14. The molecule has 5 nitrogen and oxygen atoms in total. The molecule has 0 amide bonds. The van der Waals surface area contributed by atoms with Crippen LogP contribution in [-0.2, 0) is 0 Å². The Labute approximate surface area is 274 Å². The molecule has 0 aliphatic carbocycles. The zero-order valence-electron chi connectivity index (χ0n) is 25.6. The van der Waals surface area contributed by atoms with Crippen LogP contribution in [0.3, 0.4) is 0 Å². The molecular weight excluding hydrogens is 590 g/mol. The van der Waals surface area contributed by atoms with E-state index in [1.807, 2.05) is 91.0 Å². The van der Waals surface area contributed by atoms with Crippen LogP contribution >= 0.6 is 0 Å². The van der Waals surface area contributed by atoms with Crippen LogP contribution in [0.25, 0.3) is 99.9 Å². The molecule has 0 aliphatic rings. The van der Waals surface area contributed by atoms with E-state index in [1.54, 1.807) is 0 Å². The number of hydrogen-bond acceptors (Lipinski definition) is 5. The van der Waals surface area contributed by atoms with E-state index in [0.717, 1.165) is 82.5 Å². The fraction of sp³-hybridized carbons (Fsp3) is 0. The Bertz CT molecular complexity index is 2780. The van der Waals surface area contributed by atoms with Crippen molar-refractivity contribution >= 4 is 54.6 Å². The molecule has 0 saturated heterocycles. The smallest absolute Gasteiger partial charge is 0.164 e. The molecule has 0 N–H and O–H groups in total. The highest BCUT2D eigenvalue weighted by atomic mass is 16.3. The Morgan fingerprint density at radius 3 is 1.62 bits per heavy atom. The fourth-order valence-corrected chi connectivity index (χ4v) is 6.88. The summed E-state index contributed by atoms with van der Waals surface area (Å²) >= 11 is 0. The summed E-state index contributed by atoms with van der Waals surface area (Å²) in [7, 11) is 0. The van der Waals surface area contributed by atoms with Crippen molar-refractivity contribution in [1.29, 1.82) is 0 Å². The Balaban J connectivity index is 1.24. The second-order valence-electron chi connectivity index (χ2n) is 12.0. The van der Waals surface area contributed by atoms with Crippen molar-refractivity contribution in [2.24, 2.45) is 0 Å². The summed E-state index contributed by atoms with van der Waals surface area (Å²) in [6, 6.07) is 51.5. The molecule has 0 spiro atoms. The quantitative estimate of drug-likeness (QED) is 0.197. The first-order chi connectivity index (χ1) is 23.8. The van der Waals surface area contributed by atoms with Crippen LogP contribution in [-0.4, -0.2) is 15.0 Å². The molecule has 0 saturated carbocycles. The minimum absolute atomic E-state index is 0.593. The third-order valence-electron chi connectivity index (χ3n) is 9.14. The SMILES string of the molecule is c1ccc(-c2nc(-c3ccccc3)nc(-c3ccc(-c4ccc5ccc6oc7ccccc7c6c5c4)c4oc5ccccc5c34)n2)cc1. The molecular formula is C43H25N3O2. The van der Waals surface area contributed by atoms with Crippen LogP contribution in [0.4, 0.5) is 0 Å². The summed E-state index contributed by atoms with van der Waals surface area (Å²) < 4.78 is 12.9. The first-order valence-electron chi connectivity index (χ1n) is 15.9. The number of hydrogen-bond donors (Lipinski definition) is 0. The molecule has 0 unspecified atom stereocenters. The van der Waals surface area contributed by atoms with E-state index in [0.29, 0.717) is 17.5 Å². The van der Waals surface area contributed by atoms with Gasteiger partial charge in [0, 0.05) is 43.8 Å². The average molecular weight is 616 g/mol. The molecule has 0 atom stereocenters. The molecule has 3 heterocycles. The Morgan fingerprint density at radius 1 is 0.354 bits per heavy atom. The van der Waals surface area contributed by atoms with E-state index in [9.17, 15) is 0 Å². The number of fused-ring (bicyclic) bond motifs is 8. The normalized spacial score (nSPS) is 11.8. The minimum atomic E-state index is 0.593. The van der Waals surface area contributed by atoms with Crippen LogP contribution in [0.5, 0.6) is 0 Å². The Morgan fingerprint density at radius 2 is 0.917 bits per heavy atom. The molecule has 224 valence electrons. The van der Waals surface area contributed by atoms with Crippen LogP contribution < -0.4 is 0 Å². The fourth-order valence-electron chi connectivity index (χ4n) is 6.88. The van der Waals surface area contributed by atoms with Gasteiger partial charge in [0.25, 0.3) is 0 Å². The molecule has 0 aliphatic heterocycles. The first kappa shape index (κ1) is 26.6. The Kier molecular flexibility index (Phi) is 5.81. The van der Waals surface area contributed by atoms with Gasteiger partial charge in [0.05, 0.1) is 0 Å². The van der Waals surface area contributed by atoms with E-state index >= 15 is 0 Å². The summed E-state index contributed by atoms with van der Waals surface area (Å²) in [6.07, 6.45) is 0. The average Bonchev–Trinajstić information content (AvgIpc) is 3.74. The van der Waals surface area contributed by atoms with Crippen molar-refractivity contribution in [3.05, 3.63) is 152 Å². The molecule has 10 rings (SSSR count). The molecule has 5 heteroatoms. The lowest BCUT2D eigenvalue weighted by Gasteiger charge is -2.11. The van der Waals surface area contributed by atoms with Gasteiger partial charge in [0.1, 0.15) is 22.3 Å². The van der Waals surface area contributed by atoms with Crippen LogP contribution in [0.1, 0.15) is 0 Å². The number of para-hydroxylation sites is 2. The number of aromatic nitrogens is 3. The number of benzene rings is 7. The topological polar surface area (TPSA) is 65.0 Å². The van der Waals surface area contributed by atoms with Gasteiger partial charge in [-0.3, -0.25) is 0 Å². The van der Waals surface area contributed by atoms with Crippen LogP contribution in [0, 0.1) is 0 Å². The maximum atomic E-state index is 6.69. The number of nitrogens with zero attached hydrogens (tertiary/aromatic N) is 3. The second kappa shape index (κ2) is 10.5. The molecule has 0 radical (unpaired) electrons. The summed E-state index contributed by atoms with van der Waals surface area (Å²) in [5.41, 5.74) is 8.17. The summed E-state index contributed by atoms with van der Waals surface area (Å²) in [5, 5.41) is 6.51. The molecule has 48 heavy (non-hydrogen) atoms. The lowest BCUT2D eigenvalue weighted by Crippen LogP contribution is -2.00. The second-order valence-corrected chi connectivity index (χ2v) is 12.0. The maximum absolute atomic E-state index is 6.69. The van der Waals surface area contributed by atoms with Gasteiger partial charge >= 0.3 is 0 Å². The highest BCUT2D eigenvalue weighted by molar-refractivity contribution is 6.20. The van der Waals surface area contributed by atoms with Gasteiger partial charge in [-0.1, -0.05) is 115 Å². The van der Waals surface area contributed by atoms with Gasteiger partial charge in [-0.2, -0.15) is 0 Å². The van der Waals surface area contributed by atoms with Crippen LogP contribution in [0.15, 0.2) is 160 Å². The van der Waals surface area contributed by atoms with Gasteiger partial charge in [-0.05, 0) is 52.7 Å². The van der Waals surface area contributed by atoms with E-state index < -0.39 is 0 Å². The van der Waals surface area contributed by atoms with E-state index in [1.165, 1.54) is 0 Å². The minimum Gasteiger partial charge on any atom is -0.456 e. The van der Waals surface area contributed by atoms with E-state index in [-0.39, 0.29) is 0 Å². The van der Waals surface area contributed by atoms with Gasteiger partial charge in [0.2, 0.25) is 0 Å². The van der Waals surface area contributed by atoms with Crippen molar-refractivity contribution in [3.8, 4) is 45.3 Å². The maximum Gasteiger partial charge on any atom is 0.164 e. The summed E-state index contributed by atoms with van der Waals surface area (Å²) in [5.74, 6) is 1.83. The highest BCUT2D eigenvalue weighted by Gasteiger charge is 2.21. The van der Waals surface area contributed by atoms with Crippen molar-refractivity contribution in [2.75, 3.05) is 0 Å². The van der Waals surface area contributed by atoms with Gasteiger partial charge < -0.3 is 8.83 Å². The highest BCUT2D eigenvalue weighted by Crippen LogP contribution is 2.43. The van der Waals surface area contributed by atoms with Gasteiger partial charge in [-0.15, -0.1) is 0 Å². The zero-order valence-corrected chi connectivity index (χ0v) is 25.6. The predicted octanol–water partition coefficient (Wildman–Crippen LogP) is 11.5. The third kappa shape index (κ3) is 4.15. The predicted molar refractivity (Wildman–Crippen MR) is 194 cm³/mol. The lowest BCUT2D eigenvalue weighted by molar-refractivity contribution is 0.669. The molecule has 10 aromatic rings.